The van der Waals surface area contributed by atoms with Crippen molar-refractivity contribution < 1.29 is 14.4 Å². The van der Waals surface area contributed by atoms with Crippen molar-refractivity contribution in [1.29, 1.82) is 0 Å². The number of benzene rings is 1. The van der Waals surface area contributed by atoms with Crippen LogP contribution >= 0.6 is 0 Å². The van der Waals surface area contributed by atoms with E-state index in [1.165, 1.54) is 0 Å². The van der Waals surface area contributed by atoms with E-state index in [9.17, 15) is 10.1 Å². The normalized spacial score (nSPS) is 10.5. The van der Waals surface area contributed by atoms with Crippen LogP contribution in [0, 0.1) is 24.0 Å². The fourth-order valence-electron chi connectivity index (χ4n) is 2.26. The molecule has 0 spiro atoms. The van der Waals surface area contributed by atoms with Crippen LogP contribution in [0.25, 0.3) is 0 Å². The van der Waals surface area contributed by atoms with Gasteiger partial charge in [-0.15, -0.1) is 0 Å². The second kappa shape index (κ2) is 5.82. The van der Waals surface area contributed by atoms with E-state index in [0.29, 0.717) is 29.4 Å². The second-order valence-corrected chi connectivity index (χ2v) is 4.62. The molecule has 0 fully saturated rings. The first-order valence-electron chi connectivity index (χ1n) is 6.37. The Morgan fingerprint density at radius 2 is 1.90 bits per heavy atom. The van der Waals surface area contributed by atoms with Crippen LogP contribution in [-0.4, -0.2) is 28.9 Å². The zero-order valence-electron chi connectivity index (χ0n) is 12.4. The Balaban J connectivity index is 2.35. The van der Waals surface area contributed by atoms with E-state index < -0.39 is 4.92 Å². The number of aryl methyl sites for hydroxylation is 1. The smallest absolute Gasteiger partial charge is 0.312 e. The zero-order valence-corrected chi connectivity index (χ0v) is 12.4. The number of ether oxygens (including phenoxy) is 2. The fourth-order valence-corrected chi connectivity index (χ4v) is 2.26. The third-order valence-electron chi connectivity index (χ3n) is 3.31. The van der Waals surface area contributed by atoms with Crippen molar-refractivity contribution >= 4 is 5.69 Å². The maximum absolute atomic E-state index is 11.0. The molecule has 1 aromatic heterocycles. The van der Waals surface area contributed by atoms with Crippen molar-refractivity contribution in [3.8, 4) is 11.5 Å². The minimum Gasteiger partial charge on any atom is -0.493 e. The van der Waals surface area contributed by atoms with Crippen molar-refractivity contribution in [2.45, 2.75) is 20.4 Å². The highest BCUT2D eigenvalue weighted by molar-refractivity contribution is 5.44. The molecule has 0 bridgehead atoms. The van der Waals surface area contributed by atoms with Crippen LogP contribution in [-0.2, 0) is 6.54 Å². The van der Waals surface area contributed by atoms with Crippen LogP contribution < -0.4 is 9.47 Å². The van der Waals surface area contributed by atoms with Gasteiger partial charge in [0.2, 0.25) is 0 Å². The summed E-state index contributed by atoms with van der Waals surface area (Å²) >= 11 is 0. The topological polar surface area (TPSA) is 79.4 Å². The maximum atomic E-state index is 11.0. The molecule has 0 N–H and O–H groups in total. The number of hydrogen-bond donors (Lipinski definition) is 0. The highest BCUT2D eigenvalue weighted by Crippen LogP contribution is 2.29. The highest BCUT2D eigenvalue weighted by Gasteiger charge is 2.21. The van der Waals surface area contributed by atoms with E-state index in [-0.39, 0.29) is 5.69 Å². The summed E-state index contributed by atoms with van der Waals surface area (Å²) in [6, 6.07) is 5.51. The van der Waals surface area contributed by atoms with Gasteiger partial charge >= 0.3 is 5.69 Å². The summed E-state index contributed by atoms with van der Waals surface area (Å²) in [5.74, 6) is 1.26. The molecule has 7 nitrogen and oxygen atoms in total. The summed E-state index contributed by atoms with van der Waals surface area (Å²) in [7, 11) is 3.14. The minimum atomic E-state index is -0.400. The first-order chi connectivity index (χ1) is 9.97. The fraction of sp³-hybridized carbons (Fsp3) is 0.357. The summed E-state index contributed by atoms with van der Waals surface area (Å²) in [5.41, 5.74) is 1.94. The van der Waals surface area contributed by atoms with Crippen molar-refractivity contribution in [1.82, 2.24) is 9.78 Å². The predicted molar refractivity (Wildman–Crippen MR) is 77.0 cm³/mol. The van der Waals surface area contributed by atoms with Gasteiger partial charge in [-0.2, -0.15) is 5.10 Å². The van der Waals surface area contributed by atoms with Gasteiger partial charge in [0.05, 0.1) is 25.7 Å². The summed E-state index contributed by atoms with van der Waals surface area (Å²) in [4.78, 5) is 10.6. The molecule has 21 heavy (non-hydrogen) atoms. The summed E-state index contributed by atoms with van der Waals surface area (Å²) in [5, 5.41) is 15.2. The first-order valence-corrected chi connectivity index (χ1v) is 6.37. The van der Waals surface area contributed by atoms with Crippen LogP contribution in [0.4, 0.5) is 5.69 Å². The molecule has 0 radical (unpaired) electrons. The quantitative estimate of drug-likeness (QED) is 0.624. The lowest BCUT2D eigenvalue weighted by Gasteiger charge is -2.10. The van der Waals surface area contributed by atoms with E-state index in [0.717, 1.165) is 5.56 Å². The second-order valence-electron chi connectivity index (χ2n) is 4.62. The molecule has 2 aromatic rings. The van der Waals surface area contributed by atoms with E-state index in [4.69, 9.17) is 9.47 Å². The molecular weight excluding hydrogens is 274 g/mol. The third-order valence-corrected chi connectivity index (χ3v) is 3.31. The molecule has 0 unspecified atom stereocenters. The van der Waals surface area contributed by atoms with Crippen LogP contribution in [0.1, 0.15) is 17.0 Å². The van der Waals surface area contributed by atoms with Gasteiger partial charge in [-0.05, 0) is 31.5 Å². The van der Waals surface area contributed by atoms with E-state index in [1.54, 1.807) is 38.8 Å². The molecule has 0 atom stereocenters. The average Bonchev–Trinajstić information content (AvgIpc) is 2.73. The van der Waals surface area contributed by atoms with Crippen molar-refractivity contribution in [3.05, 3.63) is 45.3 Å². The number of nitrogens with zero attached hydrogens (tertiary/aromatic N) is 3. The molecule has 2 rings (SSSR count). The maximum Gasteiger partial charge on any atom is 0.312 e. The van der Waals surface area contributed by atoms with Gasteiger partial charge in [0.25, 0.3) is 0 Å². The lowest BCUT2D eigenvalue weighted by molar-refractivity contribution is -0.386. The molecule has 0 aliphatic rings. The van der Waals surface area contributed by atoms with E-state index in [1.807, 2.05) is 12.1 Å². The summed E-state index contributed by atoms with van der Waals surface area (Å²) in [6.45, 7) is 3.76. The lowest BCUT2D eigenvalue weighted by Crippen LogP contribution is -2.05. The number of rotatable bonds is 5. The number of nitro groups is 1. The predicted octanol–water partition coefficient (Wildman–Crippen LogP) is 2.47. The van der Waals surface area contributed by atoms with Crippen molar-refractivity contribution in [3.63, 3.8) is 0 Å². The molecule has 0 saturated carbocycles. The zero-order chi connectivity index (χ0) is 15.6. The summed E-state index contributed by atoms with van der Waals surface area (Å²) in [6.07, 6.45) is 0. The van der Waals surface area contributed by atoms with Crippen LogP contribution in [0.15, 0.2) is 18.2 Å². The number of hydrogen-bond acceptors (Lipinski definition) is 5. The number of methoxy groups -OCH3 is 2. The molecule has 1 heterocycles. The third kappa shape index (κ3) is 2.81. The van der Waals surface area contributed by atoms with E-state index >= 15 is 0 Å². The van der Waals surface area contributed by atoms with Gasteiger partial charge in [-0.1, -0.05) is 6.07 Å². The standard InChI is InChI=1S/C14H17N3O4/c1-9-14(17(18)19)10(2)16(15-9)8-11-5-6-12(20-3)13(7-11)21-4/h5-7H,8H2,1-4H3. The molecule has 0 aliphatic heterocycles. The monoisotopic (exact) mass is 291 g/mol. The van der Waals surface area contributed by atoms with Crippen LogP contribution in [0.3, 0.4) is 0 Å². The molecule has 0 aliphatic carbocycles. The van der Waals surface area contributed by atoms with Gasteiger partial charge in [-0.25, -0.2) is 0 Å². The van der Waals surface area contributed by atoms with Crippen LogP contribution in [0.2, 0.25) is 0 Å². The molecule has 7 heteroatoms. The van der Waals surface area contributed by atoms with Gasteiger partial charge in [0.15, 0.2) is 11.5 Å². The summed E-state index contributed by atoms with van der Waals surface area (Å²) < 4.78 is 12.1. The van der Waals surface area contributed by atoms with Gasteiger partial charge < -0.3 is 9.47 Å². The van der Waals surface area contributed by atoms with E-state index in [2.05, 4.69) is 5.10 Å². The molecule has 0 amide bonds. The molecule has 112 valence electrons. The van der Waals surface area contributed by atoms with Crippen LogP contribution in [0.5, 0.6) is 11.5 Å². The highest BCUT2D eigenvalue weighted by atomic mass is 16.6. The lowest BCUT2D eigenvalue weighted by atomic mass is 10.2. The molecular formula is C14H17N3O4. The van der Waals surface area contributed by atoms with Crippen molar-refractivity contribution in [2.24, 2.45) is 0 Å². The Morgan fingerprint density at radius 1 is 1.24 bits per heavy atom. The minimum absolute atomic E-state index is 0.0653. The number of aromatic nitrogens is 2. The van der Waals surface area contributed by atoms with Gasteiger partial charge in [0, 0.05) is 0 Å². The Morgan fingerprint density at radius 3 is 2.43 bits per heavy atom. The Kier molecular flexibility index (Phi) is 4.11. The Labute approximate surface area is 122 Å². The SMILES string of the molecule is COc1ccc(Cn2nc(C)c([N+](=O)[O-])c2C)cc1OC. The first kappa shape index (κ1) is 14.8. The van der Waals surface area contributed by atoms with Gasteiger partial charge in [-0.3, -0.25) is 14.8 Å². The van der Waals surface area contributed by atoms with Crippen molar-refractivity contribution in [2.75, 3.05) is 14.2 Å². The molecule has 1 aromatic carbocycles. The Hall–Kier alpha value is -2.57. The largest absolute Gasteiger partial charge is 0.493 e. The Bertz CT molecular complexity index is 679. The van der Waals surface area contributed by atoms with Gasteiger partial charge in [0.1, 0.15) is 11.4 Å². The molecule has 0 saturated heterocycles. The average molecular weight is 291 g/mol.